The van der Waals surface area contributed by atoms with Crippen LogP contribution in [-0.4, -0.2) is 29.1 Å². The highest BCUT2D eigenvalue weighted by molar-refractivity contribution is 7.17. The monoisotopic (exact) mass is 346 g/mol. The Hall–Kier alpha value is -2.62. The SMILES string of the molecule is COC(=O)c1ccc(Nc2nc(C(F)(F)F)c(C(=O)O)s2)cc1. The number of benzene rings is 1. The molecule has 2 rings (SSSR count). The number of aromatic carboxylic acids is 1. The lowest BCUT2D eigenvalue weighted by Crippen LogP contribution is -2.11. The summed E-state index contributed by atoms with van der Waals surface area (Å²) in [6.07, 6.45) is -4.86. The van der Waals surface area contributed by atoms with Crippen molar-refractivity contribution in [2.45, 2.75) is 6.18 Å². The van der Waals surface area contributed by atoms with E-state index in [0.29, 0.717) is 17.0 Å². The molecule has 122 valence electrons. The summed E-state index contributed by atoms with van der Waals surface area (Å²) in [5.74, 6) is -2.26. The molecule has 0 spiro atoms. The minimum Gasteiger partial charge on any atom is -0.477 e. The molecule has 0 aliphatic rings. The van der Waals surface area contributed by atoms with Crippen LogP contribution in [0.1, 0.15) is 25.7 Å². The number of thiazole rings is 1. The lowest BCUT2D eigenvalue weighted by Gasteiger charge is -2.04. The van der Waals surface area contributed by atoms with Crippen molar-refractivity contribution in [1.29, 1.82) is 0 Å². The summed E-state index contributed by atoms with van der Waals surface area (Å²) in [6.45, 7) is 0. The Labute approximate surface area is 131 Å². The number of methoxy groups -OCH3 is 1. The maximum atomic E-state index is 12.7. The van der Waals surface area contributed by atoms with Gasteiger partial charge in [0.05, 0.1) is 12.7 Å². The van der Waals surface area contributed by atoms with Gasteiger partial charge in [0.2, 0.25) is 0 Å². The van der Waals surface area contributed by atoms with E-state index in [1.54, 1.807) is 0 Å². The van der Waals surface area contributed by atoms with E-state index in [1.807, 2.05) is 0 Å². The Balaban J connectivity index is 2.27. The highest BCUT2D eigenvalue weighted by atomic mass is 32.1. The zero-order valence-electron chi connectivity index (χ0n) is 11.5. The topological polar surface area (TPSA) is 88.5 Å². The Kier molecular flexibility index (Phi) is 4.55. The molecule has 1 aromatic carbocycles. The molecular weight excluding hydrogens is 337 g/mol. The molecule has 6 nitrogen and oxygen atoms in total. The molecule has 0 saturated carbocycles. The predicted molar refractivity (Wildman–Crippen MR) is 75.1 cm³/mol. The Morgan fingerprint density at radius 3 is 2.30 bits per heavy atom. The normalized spacial score (nSPS) is 11.1. The van der Waals surface area contributed by atoms with Crippen LogP contribution in [0.3, 0.4) is 0 Å². The van der Waals surface area contributed by atoms with E-state index in [1.165, 1.54) is 31.4 Å². The fourth-order valence-corrected chi connectivity index (χ4v) is 2.49. The van der Waals surface area contributed by atoms with Gasteiger partial charge < -0.3 is 15.2 Å². The molecule has 0 bridgehead atoms. The number of hydrogen-bond acceptors (Lipinski definition) is 6. The first kappa shape index (κ1) is 16.7. The minimum atomic E-state index is -4.86. The molecule has 0 atom stereocenters. The maximum Gasteiger partial charge on any atom is 0.435 e. The average molecular weight is 346 g/mol. The van der Waals surface area contributed by atoms with Gasteiger partial charge in [-0.3, -0.25) is 0 Å². The lowest BCUT2D eigenvalue weighted by atomic mass is 10.2. The summed E-state index contributed by atoms with van der Waals surface area (Å²) in [5, 5.41) is 11.2. The van der Waals surface area contributed by atoms with Gasteiger partial charge >= 0.3 is 18.1 Å². The fraction of sp³-hybridized carbons (Fsp3) is 0.154. The Morgan fingerprint density at radius 1 is 1.26 bits per heavy atom. The molecule has 0 unspecified atom stereocenters. The number of esters is 1. The van der Waals surface area contributed by atoms with Crippen molar-refractivity contribution in [2.24, 2.45) is 0 Å². The van der Waals surface area contributed by atoms with Crippen LogP contribution in [0, 0.1) is 0 Å². The third kappa shape index (κ3) is 3.77. The van der Waals surface area contributed by atoms with Crippen LogP contribution in [0.5, 0.6) is 0 Å². The van der Waals surface area contributed by atoms with Crippen LogP contribution in [0.2, 0.25) is 0 Å². The van der Waals surface area contributed by atoms with Crippen molar-refractivity contribution in [1.82, 2.24) is 4.98 Å². The van der Waals surface area contributed by atoms with Gasteiger partial charge in [0.1, 0.15) is 4.88 Å². The third-order valence-electron chi connectivity index (χ3n) is 2.65. The number of carboxylic acid groups (broad SMARTS) is 1. The van der Waals surface area contributed by atoms with E-state index < -0.39 is 28.7 Å². The van der Waals surface area contributed by atoms with Gasteiger partial charge in [-0.25, -0.2) is 14.6 Å². The number of rotatable bonds is 4. The zero-order chi connectivity index (χ0) is 17.2. The number of aromatic nitrogens is 1. The van der Waals surface area contributed by atoms with Crippen LogP contribution in [-0.2, 0) is 10.9 Å². The molecule has 2 N–H and O–H groups in total. The van der Waals surface area contributed by atoms with Crippen LogP contribution in [0.25, 0.3) is 0 Å². The van der Waals surface area contributed by atoms with Gasteiger partial charge in [0.25, 0.3) is 0 Å². The minimum absolute atomic E-state index is 0.222. The van der Waals surface area contributed by atoms with Crippen LogP contribution in [0.4, 0.5) is 24.0 Å². The summed E-state index contributed by atoms with van der Waals surface area (Å²) >= 11 is 0.371. The van der Waals surface area contributed by atoms with Crippen LogP contribution < -0.4 is 5.32 Å². The number of nitrogens with one attached hydrogen (secondary N) is 1. The number of carbonyl (C=O) groups excluding carboxylic acids is 1. The molecule has 0 radical (unpaired) electrons. The molecule has 0 fully saturated rings. The number of nitrogens with zero attached hydrogens (tertiary/aromatic N) is 1. The van der Waals surface area contributed by atoms with Crippen molar-refractivity contribution < 1.29 is 32.6 Å². The molecule has 0 saturated heterocycles. The molecule has 1 aromatic heterocycles. The van der Waals surface area contributed by atoms with E-state index in [2.05, 4.69) is 15.0 Å². The van der Waals surface area contributed by atoms with Crippen LogP contribution >= 0.6 is 11.3 Å². The summed E-state index contributed by atoms with van der Waals surface area (Å²) in [6, 6.07) is 5.68. The molecule has 1 heterocycles. The number of anilines is 2. The predicted octanol–water partition coefficient (Wildman–Crippen LogP) is 3.39. The summed E-state index contributed by atoms with van der Waals surface area (Å²) in [4.78, 5) is 24.5. The van der Waals surface area contributed by atoms with E-state index in [4.69, 9.17) is 5.11 Å². The van der Waals surface area contributed by atoms with Crippen molar-refractivity contribution in [2.75, 3.05) is 12.4 Å². The Bertz CT molecular complexity index is 741. The van der Waals surface area contributed by atoms with Gasteiger partial charge in [0.15, 0.2) is 10.8 Å². The highest BCUT2D eigenvalue weighted by Gasteiger charge is 2.39. The third-order valence-corrected chi connectivity index (χ3v) is 3.61. The number of alkyl halides is 3. The number of halogens is 3. The standard InChI is InChI=1S/C13H9F3N2O4S/c1-22-11(21)6-2-4-7(5-3-6)17-12-18-9(13(14,15)16)8(23-12)10(19)20/h2-5H,1H3,(H,17,18)(H,19,20). The van der Waals surface area contributed by atoms with Gasteiger partial charge in [-0.15, -0.1) is 0 Å². The second-order valence-electron chi connectivity index (χ2n) is 4.19. The zero-order valence-corrected chi connectivity index (χ0v) is 12.3. The number of carbonyl (C=O) groups is 2. The van der Waals surface area contributed by atoms with E-state index >= 15 is 0 Å². The average Bonchev–Trinajstić information content (AvgIpc) is 2.91. The summed E-state index contributed by atoms with van der Waals surface area (Å²) < 4.78 is 42.7. The summed E-state index contributed by atoms with van der Waals surface area (Å²) in [5.41, 5.74) is -0.847. The van der Waals surface area contributed by atoms with Gasteiger partial charge in [-0.2, -0.15) is 13.2 Å². The molecule has 23 heavy (non-hydrogen) atoms. The lowest BCUT2D eigenvalue weighted by molar-refractivity contribution is -0.141. The van der Waals surface area contributed by atoms with E-state index in [-0.39, 0.29) is 10.7 Å². The second-order valence-corrected chi connectivity index (χ2v) is 5.19. The second kappa shape index (κ2) is 6.24. The van der Waals surface area contributed by atoms with Gasteiger partial charge in [0, 0.05) is 5.69 Å². The molecular formula is C13H9F3N2O4S. The molecule has 10 heteroatoms. The van der Waals surface area contributed by atoms with Crippen molar-refractivity contribution >= 4 is 34.1 Å². The Morgan fingerprint density at radius 2 is 1.87 bits per heavy atom. The number of ether oxygens (including phenoxy) is 1. The van der Waals surface area contributed by atoms with Gasteiger partial charge in [-0.1, -0.05) is 11.3 Å². The highest BCUT2D eigenvalue weighted by Crippen LogP contribution is 2.36. The van der Waals surface area contributed by atoms with E-state index in [9.17, 15) is 22.8 Å². The fourth-order valence-electron chi connectivity index (χ4n) is 1.64. The molecule has 2 aromatic rings. The van der Waals surface area contributed by atoms with E-state index in [0.717, 1.165) is 0 Å². The maximum absolute atomic E-state index is 12.7. The molecule has 0 aliphatic carbocycles. The smallest absolute Gasteiger partial charge is 0.435 e. The largest absolute Gasteiger partial charge is 0.477 e. The summed E-state index contributed by atoms with van der Waals surface area (Å²) in [7, 11) is 1.22. The molecule has 0 amide bonds. The number of carboxylic acids is 1. The van der Waals surface area contributed by atoms with Crippen molar-refractivity contribution in [3.8, 4) is 0 Å². The number of hydrogen-bond donors (Lipinski definition) is 2. The molecule has 0 aliphatic heterocycles. The first-order valence-corrected chi connectivity index (χ1v) is 6.80. The van der Waals surface area contributed by atoms with Crippen molar-refractivity contribution in [3.05, 3.63) is 40.4 Å². The van der Waals surface area contributed by atoms with Gasteiger partial charge in [-0.05, 0) is 24.3 Å². The first-order valence-electron chi connectivity index (χ1n) is 5.99. The van der Waals surface area contributed by atoms with Crippen LogP contribution in [0.15, 0.2) is 24.3 Å². The van der Waals surface area contributed by atoms with Crippen molar-refractivity contribution in [3.63, 3.8) is 0 Å². The quantitative estimate of drug-likeness (QED) is 0.825. The first-order chi connectivity index (χ1) is 10.7.